The second kappa shape index (κ2) is 12.3. The second-order valence-electron chi connectivity index (χ2n) is 8.64. The molecule has 0 atom stereocenters. The van der Waals surface area contributed by atoms with Crippen LogP contribution in [0, 0.1) is 0 Å². The molecule has 12 heteroatoms. The monoisotopic (exact) mass is 529 g/mol. The number of rotatable bonds is 10. The molecule has 37 heavy (non-hydrogen) atoms. The van der Waals surface area contributed by atoms with Gasteiger partial charge in [-0.25, -0.2) is 19.1 Å². The van der Waals surface area contributed by atoms with Gasteiger partial charge >= 0.3 is 0 Å². The number of amides is 2. The van der Waals surface area contributed by atoms with Gasteiger partial charge in [-0.1, -0.05) is 11.6 Å². The zero-order chi connectivity index (χ0) is 26.4. The van der Waals surface area contributed by atoms with Crippen molar-refractivity contribution in [2.75, 3.05) is 51.8 Å². The van der Waals surface area contributed by atoms with Crippen LogP contribution < -0.4 is 20.5 Å². The molecule has 2 amide bonds. The average Bonchev–Trinajstić information content (AvgIpc) is 3.23. The minimum atomic E-state index is -0.379. The number of anilines is 1. The maximum absolute atomic E-state index is 12.9. The van der Waals surface area contributed by atoms with E-state index >= 15 is 0 Å². The summed E-state index contributed by atoms with van der Waals surface area (Å²) in [7, 11) is 1.67. The zero-order valence-electron chi connectivity index (χ0n) is 21.5. The minimum absolute atomic E-state index is 0.101. The smallest absolute Gasteiger partial charge is 0.277 e. The number of ether oxygens (including phenoxy) is 1. The highest BCUT2D eigenvalue weighted by Crippen LogP contribution is 2.18. The lowest BCUT2D eigenvalue weighted by atomic mass is 10.2. The van der Waals surface area contributed by atoms with E-state index in [9.17, 15) is 9.59 Å². The number of halogens is 1. The van der Waals surface area contributed by atoms with Crippen LogP contribution in [0.2, 0.25) is 5.15 Å². The number of imidazole rings is 1. The maximum Gasteiger partial charge on any atom is 0.277 e. The van der Waals surface area contributed by atoms with E-state index in [-0.39, 0.29) is 29.2 Å². The molecule has 1 aliphatic heterocycles. The molecule has 4 rings (SSSR count). The highest BCUT2D eigenvalue weighted by atomic mass is 35.5. The van der Waals surface area contributed by atoms with Gasteiger partial charge in [-0.2, -0.15) is 0 Å². The van der Waals surface area contributed by atoms with Gasteiger partial charge in [-0.05, 0) is 26.0 Å². The molecule has 0 aliphatic carbocycles. The van der Waals surface area contributed by atoms with Crippen LogP contribution in [0.3, 0.4) is 0 Å². The van der Waals surface area contributed by atoms with Crippen LogP contribution in [0.15, 0.2) is 24.4 Å². The number of hydrogen-bond donors (Lipinski definition) is 3. The summed E-state index contributed by atoms with van der Waals surface area (Å²) in [6.07, 6.45) is 1.39. The molecule has 198 valence electrons. The first-order chi connectivity index (χ1) is 18.0. The topological polar surface area (TPSA) is 117 Å². The van der Waals surface area contributed by atoms with Crippen LogP contribution in [0.5, 0.6) is 0 Å². The van der Waals surface area contributed by atoms with E-state index < -0.39 is 0 Å². The van der Waals surface area contributed by atoms with Crippen LogP contribution in [-0.2, 0) is 24.4 Å². The fourth-order valence-corrected chi connectivity index (χ4v) is 4.77. The molecule has 1 aliphatic rings. The summed E-state index contributed by atoms with van der Waals surface area (Å²) < 4.78 is 9.64. The summed E-state index contributed by atoms with van der Waals surface area (Å²) in [6.45, 7) is 10.4. The minimum Gasteiger partial charge on any atom is -0.379 e. The van der Waals surface area contributed by atoms with Crippen LogP contribution in [-0.4, -0.2) is 77.7 Å². The Hall–Kier alpha value is -3.28. The predicted octanol–water partition coefficient (Wildman–Crippen LogP) is 1.45. The summed E-state index contributed by atoms with van der Waals surface area (Å²) in [4.78, 5) is 36.4. The zero-order valence-corrected chi connectivity index (χ0v) is 22.3. The highest BCUT2D eigenvalue weighted by molar-refractivity contribution is 6.29. The van der Waals surface area contributed by atoms with Crippen LogP contribution >= 0.6 is 11.6 Å². The maximum atomic E-state index is 12.9. The molecule has 1 saturated heterocycles. The van der Waals surface area contributed by atoms with E-state index in [0.717, 1.165) is 49.7 Å². The second-order valence-corrected chi connectivity index (χ2v) is 9.03. The summed E-state index contributed by atoms with van der Waals surface area (Å²) in [5, 5.41) is 9.00. The quantitative estimate of drug-likeness (QED) is 0.340. The van der Waals surface area contributed by atoms with Crippen molar-refractivity contribution in [3.05, 3.63) is 46.6 Å². The van der Waals surface area contributed by atoms with E-state index in [0.29, 0.717) is 31.0 Å². The van der Waals surface area contributed by atoms with Gasteiger partial charge in [0.15, 0.2) is 22.5 Å². The lowest BCUT2D eigenvalue weighted by Gasteiger charge is -2.26. The van der Waals surface area contributed by atoms with Gasteiger partial charge in [-0.15, -0.1) is 0 Å². The van der Waals surface area contributed by atoms with Crippen molar-refractivity contribution in [2.45, 2.75) is 33.5 Å². The van der Waals surface area contributed by atoms with Gasteiger partial charge in [0.2, 0.25) is 0 Å². The SMILES string of the molecule is CCn1c(CNC(=O)c2nc(Cl)cnc2NC)[n+](CC)c2ccc(C(=O)NCCN3CCOCC3)cc21. The molecule has 3 heterocycles. The number of nitrogens with one attached hydrogen (secondary N) is 3. The van der Waals surface area contributed by atoms with E-state index in [4.69, 9.17) is 16.3 Å². The number of nitrogens with zero attached hydrogens (tertiary/aromatic N) is 5. The third kappa shape index (κ3) is 6.00. The number of fused-ring (bicyclic) bond motifs is 1. The van der Waals surface area contributed by atoms with E-state index in [1.165, 1.54) is 6.20 Å². The number of aryl methyl sites for hydroxylation is 2. The molecular weight excluding hydrogens is 496 g/mol. The fourth-order valence-electron chi connectivity index (χ4n) is 4.64. The number of carbonyl (C=O) groups excluding carboxylic acids is 2. The lowest BCUT2D eigenvalue weighted by molar-refractivity contribution is -0.676. The van der Waals surface area contributed by atoms with Gasteiger partial charge in [0.25, 0.3) is 17.6 Å². The van der Waals surface area contributed by atoms with Gasteiger partial charge in [-0.3, -0.25) is 14.5 Å². The molecule has 2 aromatic heterocycles. The van der Waals surface area contributed by atoms with E-state index in [1.807, 2.05) is 25.1 Å². The van der Waals surface area contributed by atoms with Gasteiger partial charge in [0.1, 0.15) is 11.7 Å². The number of morpholine rings is 1. The molecule has 3 N–H and O–H groups in total. The van der Waals surface area contributed by atoms with Gasteiger partial charge in [0, 0.05) is 44.9 Å². The van der Waals surface area contributed by atoms with Gasteiger partial charge in [0.05, 0.1) is 32.5 Å². The Kier molecular flexibility index (Phi) is 8.91. The Balaban J connectivity index is 1.52. The standard InChI is InChI=1S/C25H33ClN8O3/c1-4-33-18-7-6-17(24(35)28-8-9-32-10-12-37-13-11-32)14-19(18)34(5-2)21(33)16-30-25(36)22-23(27-3)29-15-20(26)31-22/h6-7,14-15H,4-5,8-13,16H2,1-3H3,(H2-,27,28,29,30,35,36)/p+1. The predicted molar refractivity (Wildman–Crippen MR) is 141 cm³/mol. The van der Waals surface area contributed by atoms with Crippen molar-refractivity contribution in [3.8, 4) is 0 Å². The molecule has 0 bridgehead atoms. The molecule has 11 nitrogen and oxygen atoms in total. The van der Waals surface area contributed by atoms with Crippen molar-refractivity contribution in [1.82, 2.24) is 30.1 Å². The summed E-state index contributed by atoms with van der Waals surface area (Å²) in [5.74, 6) is 0.788. The van der Waals surface area contributed by atoms with Crippen LogP contribution in [0.1, 0.15) is 40.5 Å². The Bertz CT molecular complexity index is 1270. The molecule has 1 fully saturated rings. The van der Waals surface area contributed by atoms with Crippen LogP contribution in [0.25, 0.3) is 11.0 Å². The fraction of sp³-hybridized carbons (Fsp3) is 0.480. The number of aromatic nitrogens is 4. The first kappa shape index (κ1) is 26.8. The first-order valence-electron chi connectivity index (χ1n) is 12.6. The number of hydrogen-bond acceptors (Lipinski definition) is 7. The van der Waals surface area contributed by atoms with Gasteiger partial charge < -0.3 is 20.7 Å². The van der Waals surface area contributed by atoms with Crippen molar-refractivity contribution >= 4 is 40.3 Å². The molecule has 0 unspecified atom stereocenters. The molecule has 1 aromatic carbocycles. The van der Waals surface area contributed by atoms with E-state index in [2.05, 4.69) is 46.9 Å². The summed E-state index contributed by atoms with van der Waals surface area (Å²) >= 11 is 5.97. The normalized spacial score (nSPS) is 14.1. The van der Waals surface area contributed by atoms with E-state index in [1.54, 1.807) is 7.05 Å². The highest BCUT2D eigenvalue weighted by Gasteiger charge is 2.26. The lowest BCUT2D eigenvalue weighted by Crippen LogP contribution is -2.41. The summed E-state index contributed by atoms with van der Waals surface area (Å²) in [6, 6.07) is 5.73. The average molecular weight is 530 g/mol. The third-order valence-corrected chi connectivity index (χ3v) is 6.68. The summed E-state index contributed by atoms with van der Waals surface area (Å²) in [5.41, 5.74) is 2.67. The van der Waals surface area contributed by atoms with Crippen molar-refractivity contribution in [2.24, 2.45) is 0 Å². The molecule has 3 aromatic rings. The molecule has 0 spiro atoms. The Morgan fingerprint density at radius 2 is 1.95 bits per heavy atom. The van der Waals surface area contributed by atoms with Crippen molar-refractivity contribution in [1.29, 1.82) is 0 Å². The molecule has 0 saturated carbocycles. The Morgan fingerprint density at radius 3 is 2.65 bits per heavy atom. The van der Waals surface area contributed by atoms with Crippen molar-refractivity contribution < 1.29 is 18.9 Å². The molecule has 0 radical (unpaired) electrons. The Morgan fingerprint density at radius 1 is 1.16 bits per heavy atom. The third-order valence-electron chi connectivity index (χ3n) is 6.49. The van der Waals surface area contributed by atoms with Crippen LogP contribution in [0.4, 0.5) is 5.82 Å². The Labute approximate surface area is 221 Å². The largest absolute Gasteiger partial charge is 0.379 e. The molecular formula is C25H34ClN8O3+. The van der Waals surface area contributed by atoms with Crippen molar-refractivity contribution in [3.63, 3.8) is 0 Å². The number of carbonyl (C=O) groups is 2. The number of benzene rings is 1. The first-order valence-corrected chi connectivity index (χ1v) is 13.0.